The summed E-state index contributed by atoms with van der Waals surface area (Å²) in [5.74, 6) is -0.462. The minimum absolute atomic E-state index is 0.0186. The molecule has 1 nitrogen and oxygen atoms in total. The fourth-order valence-electron chi connectivity index (χ4n) is 1.43. The summed E-state index contributed by atoms with van der Waals surface area (Å²) >= 11 is 7.37. The van der Waals surface area contributed by atoms with Crippen molar-refractivity contribution in [1.29, 1.82) is 0 Å². The Morgan fingerprint density at radius 1 is 1.33 bits per heavy atom. The fourth-order valence-corrected chi connectivity index (χ4v) is 2.60. The van der Waals surface area contributed by atoms with E-state index < -0.39 is 11.6 Å². The van der Waals surface area contributed by atoms with Gasteiger partial charge in [0.05, 0.1) is 11.1 Å². The largest absolute Gasteiger partial charge is 0.489 e. The van der Waals surface area contributed by atoms with Crippen molar-refractivity contribution in [2.45, 2.75) is 20.8 Å². The smallest absolute Gasteiger partial charge is 0.169 e. The molecule has 1 atom stereocenters. The number of benzene rings is 1. The first-order valence-electron chi connectivity index (χ1n) is 5.64. The molecule has 1 rings (SSSR count). The summed E-state index contributed by atoms with van der Waals surface area (Å²) < 4.78 is 32.2. The summed E-state index contributed by atoms with van der Waals surface area (Å²) in [6.45, 7) is 6.57. The summed E-state index contributed by atoms with van der Waals surface area (Å²) in [4.78, 5) is 0. The first kappa shape index (κ1) is 15.8. The summed E-state index contributed by atoms with van der Waals surface area (Å²) in [6, 6.07) is 2.00. The molecule has 1 unspecified atom stereocenters. The van der Waals surface area contributed by atoms with Crippen molar-refractivity contribution in [3.8, 4) is 5.75 Å². The molecule has 0 spiro atoms. The van der Waals surface area contributed by atoms with Crippen LogP contribution in [0.15, 0.2) is 16.6 Å². The monoisotopic (exact) mass is 338 g/mol. The van der Waals surface area contributed by atoms with Gasteiger partial charge < -0.3 is 4.74 Å². The molecule has 0 heterocycles. The van der Waals surface area contributed by atoms with Crippen LogP contribution in [-0.2, 0) is 0 Å². The molecule has 102 valence electrons. The van der Waals surface area contributed by atoms with E-state index in [1.54, 1.807) is 0 Å². The molecule has 0 bridgehead atoms. The molecule has 18 heavy (non-hydrogen) atoms. The third kappa shape index (κ3) is 4.12. The van der Waals surface area contributed by atoms with Crippen molar-refractivity contribution < 1.29 is 13.5 Å². The quantitative estimate of drug-likeness (QED) is 0.783. The van der Waals surface area contributed by atoms with E-state index in [0.717, 1.165) is 6.07 Å². The summed E-state index contributed by atoms with van der Waals surface area (Å²) in [6.07, 6.45) is 0. The van der Waals surface area contributed by atoms with Gasteiger partial charge in [-0.15, -0.1) is 0 Å². The number of halogens is 3. The average molecular weight is 339 g/mol. The Balaban J connectivity index is 2.80. The van der Waals surface area contributed by atoms with Crippen molar-refractivity contribution in [3.05, 3.63) is 28.2 Å². The van der Waals surface area contributed by atoms with Crippen LogP contribution in [-0.4, -0.2) is 12.4 Å². The molecule has 0 saturated carbocycles. The Morgan fingerprint density at radius 2 is 1.94 bits per heavy atom. The zero-order valence-corrected chi connectivity index (χ0v) is 13.1. The Hall–Kier alpha value is -0.290. The highest BCUT2D eigenvalue weighted by Gasteiger charge is 2.24. The van der Waals surface area contributed by atoms with Crippen LogP contribution in [0.2, 0.25) is 0 Å². The first-order valence-corrected chi connectivity index (χ1v) is 7.06. The maximum absolute atomic E-state index is 13.5. The molecule has 0 amide bonds. The lowest BCUT2D eigenvalue weighted by Gasteiger charge is -2.29. The second-order valence-corrected chi connectivity index (χ2v) is 6.47. The molecule has 0 N–H and O–H groups in total. The molecule has 1 aromatic rings. The van der Waals surface area contributed by atoms with Crippen LogP contribution < -0.4 is 4.74 Å². The molecule has 0 aliphatic rings. The average Bonchev–Trinajstić information content (AvgIpc) is 2.19. The van der Waals surface area contributed by atoms with E-state index in [-0.39, 0.29) is 21.6 Å². The van der Waals surface area contributed by atoms with Crippen LogP contribution in [0.25, 0.3) is 0 Å². The van der Waals surface area contributed by atoms with Gasteiger partial charge in [0, 0.05) is 12.0 Å². The van der Waals surface area contributed by atoms with E-state index in [0.29, 0.717) is 12.4 Å². The number of rotatable bonds is 4. The maximum Gasteiger partial charge on any atom is 0.169 e. The number of thiol groups is 1. The lowest BCUT2D eigenvalue weighted by atomic mass is 9.82. The van der Waals surface area contributed by atoms with Crippen LogP contribution in [0.4, 0.5) is 8.78 Å². The van der Waals surface area contributed by atoms with Crippen LogP contribution in [0, 0.1) is 23.0 Å². The Kier molecular flexibility index (Phi) is 5.46. The van der Waals surface area contributed by atoms with Gasteiger partial charge in [0.1, 0.15) is 5.82 Å². The molecule has 5 heteroatoms. The molecular formula is C13H17BrF2OS. The van der Waals surface area contributed by atoms with Crippen LogP contribution in [0.1, 0.15) is 20.8 Å². The third-order valence-corrected chi connectivity index (χ3v) is 3.87. The molecular weight excluding hydrogens is 322 g/mol. The van der Waals surface area contributed by atoms with Crippen molar-refractivity contribution in [2.75, 3.05) is 12.4 Å². The van der Waals surface area contributed by atoms with E-state index in [9.17, 15) is 8.78 Å². The minimum Gasteiger partial charge on any atom is -0.489 e. The van der Waals surface area contributed by atoms with E-state index in [2.05, 4.69) is 49.3 Å². The van der Waals surface area contributed by atoms with E-state index in [1.165, 1.54) is 6.07 Å². The van der Waals surface area contributed by atoms with Gasteiger partial charge in [-0.25, -0.2) is 8.78 Å². The van der Waals surface area contributed by atoms with Gasteiger partial charge >= 0.3 is 0 Å². The second-order valence-electron chi connectivity index (χ2n) is 5.26. The Morgan fingerprint density at radius 3 is 2.39 bits per heavy atom. The SMILES string of the molecule is CC(C)(C)C(CS)COc1c(F)cc(F)cc1Br. The normalized spacial score (nSPS) is 13.5. The minimum atomic E-state index is -0.700. The number of hydrogen-bond donors (Lipinski definition) is 1. The summed E-state index contributed by atoms with van der Waals surface area (Å²) in [5, 5.41) is 0. The molecule has 0 fully saturated rings. The predicted octanol–water partition coefficient (Wildman–Crippen LogP) is 4.70. The van der Waals surface area contributed by atoms with Crippen molar-refractivity contribution >= 4 is 28.6 Å². The standard InChI is InChI=1S/C13H17BrF2OS/c1-13(2,3)8(7-18)6-17-12-10(14)4-9(15)5-11(12)16/h4-5,8,18H,6-7H2,1-3H3. The van der Waals surface area contributed by atoms with Gasteiger partial charge in [0.15, 0.2) is 11.6 Å². The zero-order valence-electron chi connectivity index (χ0n) is 10.6. The number of hydrogen-bond acceptors (Lipinski definition) is 2. The molecule has 0 aliphatic heterocycles. The molecule has 0 saturated heterocycles. The highest BCUT2D eigenvalue weighted by molar-refractivity contribution is 9.10. The summed E-state index contributed by atoms with van der Waals surface area (Å²) in [7, 11) is 0. The van der Waals surface area contributed by atoms with Gasteiger partial charge in [-0.1, -0.05) is 20.8 Å². The lowest BCUT2D eigenvalue weighted by molar-refractivity contribution is 0.160. The predicted molar refractivity (Wildman–Crippen MR) is 76.4 cm³/mol. The molecule has 0 radical (unpaired) electrons. The highest BCUT2D eigenvalue weighted by Crippen LogP contribution is 2.32. The van der Waals surface area contributed by atoms with Gasteiger partial charge in [-0.2, -0.15) is 12.6 Å². The van der Waals surface area contributed by atoms with Crippen molar-refractivity contribution in [1.82, 2.24) is 0 Å². The number of ether oxygens (including phenoxy) is 1. The molecule has 0 aromatic heterocycles. The van der Waals surface area contributed by atoms with Gasteiger partial charge in [-0.3, -0.25) is 0 Å². The van der Waals surface area contributed by atoms with Crippen LogP contribution >= 0.6 is 28.6 Å². The van der Waals surface area contributed by atoms with E-state index >= 15 is 0 Å². The van der Waals surface area contributed by atoms with Gasteiger partial charge in [0.25, 0.3) is 0 Å². The lowest BCUT2D eigenvalue weighted by Crippen LogP contribution is -2.28. The van der Waals surface area contributed by atoms with Gasteiger partial charge in [-0.05, 0) is 33.2 Å². The van der Waals surface area contributed by atoms with Crippen LogP contribution in [0.3, 0.4) is 0 Å². The Bertz CT molecular complexity index is 395. The summed E-state index contributed by atoms with van der Waals surface area (Å²) in [5.41, 5.74) is 0.0186. The van der Waals surface area contributed by atoms with E-state index in [4.69, 9.17) is 4.74 Å². The van der Waals surface area contributed by atoms with Gasteiger partial charge in [0.2, 0.25) is 0 Å². The molecule has 0 aliphatic carbocycles. The maximum atomic E-state index is 13.5. The zero-order chi connectivity index (χ0) is 13.9. The van der Waals surface area contributed by atoms with Crippen molar-refractivity contribution in [2.24, 2.45) is 11.3 Å². The fraction of sp³-hybridized carbons (Fsp3) is 0.538. The topological polar surface area (TPSA) is 9.23 Å². The first-order chi connectivity index (χ1) is 8.25. The Labute approximate surface area is 120 Å². The molecule has 1 aromatic carbocycles. The third-order valence-electron chi connectivity index (χ3n) is 2.84. The van der Waals surface area contributed by atoms with E-state index in [1.807, 2.05) is 0 Å². The van der Waals surface area contributed by atoms with Crippen LogP contribution in [0.5, 0.6) is 5.75 Å². The highest BCUT2D eigenvalue weighted by atomic mass is 79.9. The van der Waals surface area contributed by atoms with Crippen molar-refractivity contribution in [3.63, 3.8) is 0 Å². The second kappa shape index (κ2) is 6.24.